The van der Waals surface area contributed by atoms with Gasteiger partial charge in [0.1, 0.15) is 5.25 Å². The van der Waals surface area contributed by atoms with Crippen LogP contribution in [0, 0.1) is 11.3 Å². The molecular weight excluding hydrogens is 162 g/mol. The number of nitrogens with zero attached hydrogens (tertiary/aromatic N) is 1. The van der Waals surface area contributed by atoms with E-state index in [0.29, 0.717) is 6.42 Å². The van der Waals surface area contributed by atoms with Gasteiger partial charge in [0.2, 0.25) is 0 Å². The van der Waals surface area contributed by atoms with Gasteiger partial charge in [0, 0.05) is 0 Å². The van der Waals surface area contributed by atoms with E-state index in [1.165, 1.54) is 0 Å². The monoisotopic (exact) mass is 174 g/mol. The third kappa shape index (κ3) is 4.93. The predicted octanol–water partition coefficient (Wildman–Crippen LogP) is 1.34. The molecule has 0 aliphatic heterocycles. The first-order chi connectivity index (χ1) is 5.22. The maximum atomic E-state index is 10.3. The number of nitriles is 1. The highest BCUT2D eigenvalue weighted by Crippen LogP contribution is 2.06. The van der Waals surface area contributed by atoms with Crippen LogP contribution in [-0.4, -0.2) is 14.0 Å². The number of unbranched alkanes of at least 4 members (excludes halogenated alkanes) is 2. The van der Waals surface area contributed by atoms with Gasteiger partial charge in [0.05, 0.1) is 6.07 Å². The highest BCUT2D eigenvalue weighted by atomic mass is 32.2. The zero-order valence-electron chi connectivity index (χ0n) is 6.58. The van der Waals surface area contributed by atoms with Crippen molar-refractivity contribution in [3.8, 4) is 6.07 Å². The molecule has 2 atom stereocenters. The van der Waals surface area contributed by atoms with Gasteiger partial charge >= 0.3 is 0 Å². The quantitative estimate of drug-likeness (QED) is 0.466. The lowest BCUT2D eigenvalue weighted by Gasteiger charge is -2.10. The molecule has 11 heavy (non-hydrogen) atoms. The summed E-state index contributed by atoms with van der Waals surface area (Å²) in [6.45, 7) is 2.04. The van der Waals surface area contributed by atoms with E-state index >= 15 is 0 Å². The van der Waals surface area contributed by atoms with Crippen molar-refractivity contribution in [3.05, 3.63) is 0 Å². The van der Waals surface area contributed by atoms with Crippen LogP contribution < -0.4 is 0 Å². The lowest BCUT2D eigenvalue weighted by Crippen LogP contribution is -2.11. The highest BCUT2D eigenvalue weighted by molar-refractivity contribution is 7.80. The molecule has 0 amide bonds. The van der Waals surface area contributed by atoms with Gasteiger partial charge in [0.15, 0.2) is 0 Å². The van der Waals surface area contributed by atoms with Gasteiger partial charge in [-0.1, -0.05) is 26.2 Å². The molecule has 0 aromatic rings. The third-order valence-electron chi connectivity index (χ3n) is 1.45. The second-order valence-corrected chi connectivity index (χ2v) is 3.46. The van der Waals surface area contributed by atoms with Gasteiger partial charge in [-0.05, 0) is 17.5 Å². The van der Waals surface area contributed by atoms with Gasteiger partial charge in [-0.3, -0.25) is 4.21 Å². The van der Waals surface area contributed by atoms with Crippen LogP contribution in [0.4, 0.5) is 0 Å². The van der Waals surface area contributed by atoms with Crippen molar-refractivity contribution >= 4 is 11.1 Å². The molecule has 0 N–H and O–H groups in total. The molecule has 64 valence electrons. The first-order valence-corrected chi connectivity index (χ1v) is 4.83. The molecule has 0 aliphatic carbocycles. The Balaban J connectivity index is 3.55. The molecule has 0 heterocycles. The molecule has 0 saturated carbocycles. The van der Waals surface area contributed by atoms with Crippen LogP contribution in [0.2, 0.25) is 0 Å². The summed E-state index contributed by atoms with van der Waals surface area (Å²) in [5, 5.41) is 7.55. The van der Waals surface area contributed by atoms with Gasteiger partial charge in [0.25, 0.3) is 0 Å². The summed E-state index contributed by atoms with van der Waals surface area (Å²) in [6, 6.07) is 1.75. The number of hydrogen-bond acceptors (Lipinski definition) is 3. The molecular formula is C7H12NO2S-. The van der Waals surface area contributed by atoms with Gasteiger partial charge in [-0.25, -0.2) is 0 Å². The average molecular weight is 174 g/mol. The Morgan fingerprint density at radius 3 is 2.64 bits per heavy atom. The van der Waals surface area contributed by atoms with E-state index in [1.54, 1.807) is 6.07 Å². The Hall–Kier alpha value is -0.400. The highest BCUT2D eigenvalue weighted by Gasteiger charge is 2.05. The molecule has 0 radical (unpaired) electrons. The zero-order valence-corrected chi connectivity index (χ0v) is 7.39. The molecule has 0 aliphatic rings. The lowest BCUT2D eigenvalue weighted by molar-refractivity contribution is 0.523. The first-order valence-electron chi connectivity index (χ1n) is 3.70. The molecule has 0 aromatic heterocycles. The molecule has 3 nitrogen and oxygen atoms in total. The van der Waals surface area contributed by atoms with Crippen molar-refractivity contribution < 1.29 is 8.76 Å². The van der Waals surface area contributed by atoms with Crippen LogP contribution in [0.1, 0.15) is 32.6 Å². The van der Waals surface area contributed by atoms with Crippen molar-refractivity contribution in [1.82, 2.24) is 0 Å². The zero-order chi connectivity index (χ0) is 8.69. The van der Waals surface area contributed by atoms with Crippen molar-refractivity contribution in [2.75, 3.05) is 0 Å². The lowest BCUT2D eigenvalue weighted by atomic mass is 10.2. The van der Waals surface area contributed by atoms with Crippen LogP contribution in [0.5, 0.6) is 0 Å². The average Bonchev–Trinajstić information content (AvgIpc) is 1.97. The topological polar surface area (TPSA) is 63.9 Å². The van der Waals surface area contributed by atoms with Gasteiger partial charge < -0.3 is 4.55 Å². The fourth-order valence-electron chi connectivity index (χ4n) is 0.784. The van der Waals surface area contributed by atoms with E-state index in [1.807, 2.05) is 6.92 Å². The fourth-order valence-corrected chi connectivity index (χ4v) is 1.23. The van der Waals surface area contributed by atoms with E-state index in [2.05, 4.69) is 0 Å². The van der Waals surface area contributed by atoms with Crippen molar-refractivity contribution in [1.29, 1.82) is 5.26 Å². The summed E-state index contributed by atoms with van der Waals surface area (Å²) in [7, 11) is 0. The molecule has 0 rings (SSSR count). The largest absolute Gasteiger partial charge is 0.771 e. The third-order valence-corrected chi connectivity index (χ3v) is 2.25. The summed E-state index contributed by atoms with van der Waals surface area (Å²) in [5.41, 5.74) is 0. The van der Waals surface area contributed by atoms with Gasteiger partial charge in [-0.2, -0.15) is 5.26 Å². The van der Waals surface area contributed by atoms with Crippen LogP contribution in [-0.2, 0) is 11.1 Å². The Bertz CT molecular complexity index is 164. The molecule has 0 fully saturated rings. The molecule has 4 heteroatoms. The van der Waals surface area contributed by atoms with E-state index in [0.717, 1.165) is 19.3 Å². The van der Waals surface area contributed by atoms with E-state index < -0.39 is 16.3 Å². The summed E-state index contributed by atoms with van der Waals surface area (Å²) in [4.78, 5) is 0. The van der Waals surface area contributed by atoms with Crippen LogP contribution in [0.25, 0.3) is 0 Å². The Morgan fingerprint density at radius 2 is 2.27 bits per heavy atom. The predicted molar refractivity (Wildman–Crippen MR) is 42.5 cm³/mol. The minimum absolute atomic E-state index is 0.473. The molecule has 0 spiro atoms. The smallest absolute Gasteiger partial charge is 0.108 e. The van der Waals surface area contributed by atoms with E-state index in [-0.39, 0.29) is 0 Å². The summed E-state index contributed by atoms with van der Waals surface area (Å²) < 4.78 is 20.6. The van der Waals surface area contributed by atoms with E-state index in [4.69, 9.17) is 5.26 Å². The molecule has 0 saturated heterocycles. The SMILES string of the molecule is CCCCCC(C#N)S(=O)[O-]. The maximum Gasteiger partial charge on any atom is 0.108 e. The minimum atomic E-state index is -2.22. The second kappa shape index (κ2) is 6.32. The van der Waals surface area contributed by atoms with Crippen LogP contribution in [0.15, 0.2) is 0 Å². The summed E-state index contributed by atoms with van der Waals surface area (Å²) in [5.74, 6) is 0. The minimum Gasteiger partial charge on any atom is -0.771 e. The molecule has 2 unspecified atom stereocenters. The second-order valence-electron chi connectivity index (χ2n) is 2.37. The molecule has 0 bridgehead atoms. The van der Waals surface area contributed by atoms with Crippen molar-refractivity contribution in [2.24, 2.45) is 0 Å². The maximum absolute atomic E-state index is 10.3. The first kappa shape index (κ1) is 10.6. The Labute approximate surface area is 69.7 Å². The van der Waals surface area contributed by atoms with Crippen molar-refractivity contribution in [2.45, 2.75) is 37.9 Å². The number of hydrogen-bond donors (Lipinski definition) is 0. The normalized spacial score (nSPS) is 15.4. The molecule has 0 aromatic carbocycles. The Morgan fingerprint density at radius 1 is 1.64 bits per heavy atom. The van der Waals surface area contributed by atoms with Crippen LogP contribution in [0.3, 0.4) is 0 Å². The van der Waals surface area contributed by atoms with Crippen LogP contribution >= 0.6 is 0 Å². The summed E-state index contributed by atoms with van der Waals surface area (Å²) in [6.07, 6.45) is 3.34. The standard InChI is InChI=1S/C7H13NO2S/c1-2-3-4-5-7(6-8)11(9)10/h7H,2-5H2,1H3,(H,9,10)/p-1. The van der Waals surface area contributed by atoms with E-state index in [9.17, 15) is 8.76 Å². The Kier molecular flexibility index (Phi) is 6.09. The van der Waals surface area contributed by atoms with Crippen molar-refractivity contribution in [3.63, 3.8) is 0 Å². The fraction of sp³-hybridized carbons (Fsp3) is 0.857. The number of rotatable bonds is 5. The summed E-state index contributed by atoms with van der Waals surface area (Å²) >= 11 is -2.22. The van der Waals surface area contributed by atoms with Gasteiger partial charge in [-0.15, -0.1) is 0 Å².